The van der Waals surface area contributed by atoms with E-state index in [0.29, 0.717) is 16.8 Å². The molecule has 0 aromatic heterocycles. The Morgan fingerprint density at radius 2 is 1.54 bits per heavy atom. The third-order valence-corrected chi connectivity index (χ3v) is 4.74. The summed E-state index contributed by atoms with van der Waals surface area (Å²) in [6.45, 7) is 13.2. The molecule has 0 aliphatic carbocycles. The Hall–Kier alpha value is -1.98. The van der Waals surface area contributed by atoms with Crippen LogP contribution in [0.4, 0.5) is 5.69 Å². The number of carbonyl (C=O) groups is 2. The van der Waals surface area contributed by atoms with Crippen molar-refractivity contribution in [2.75, 3.05) is 4.90 Å². The number of amides is 2. The van der Waals surface area contributed by atoms with Crippen molar-refractivity contribution in [1.29, 1.82) is 0 Å². The van der Waals surface area contributed by atoms with Gasteiger partial charge >= 0.3 is 0 Å². The van der Waals surface area contributed by atoms with Gasteiger partial charge in [-0.25, -0.2) is 14.7 Å². The largest absolute Gasteiger partial charge is 0.269 e. The normalized spacial score (nSPS) is 16.0. The van der Waals surface area contributed by atoms with Gasteiger partial charge in [0.2, 0.25) is 0 Å². The van der Waals surface area contributed by atoms with Crippen molar-refractivity contribution in [3.63, 3.8) is 0 Å². The second-order valence-electron chi connectivity index (χ2n) is 7.93. The van der Waals surface area contributed by atoms with E-state index >= 15 is 0 Å². The van der Waals surface area contributed by atoms with Gasteiger partial charge in [-0.05, 0) is 65.7 Å². The molecule has 2 rings (SSSR count). The van der Waals surface area contributed by atoms with Crippen LogP contribution in [0.5, 0.6) is 0 Å². The van der Waals surface area contributed by atoms with Crippen LogP contribution in [0.15, 0.2) is 35.4 Å². The summed E-state index contributed by atoms with van der Waals surface area (Å²) >= 11 is 0. The van der Waals surface area contributed by atoms with Gasteiger partial charge in [0.15, 0.2) is 0 Å². The van der Waals surface area contributed by atoms with Crippen molar-refractivity contribution >= 4 is 17.5 Å². The number of hydrogen-bond donors (Lipinski definition) is 0. The van der Waals surface area contributed by atoms with E-state index in [0.717, 1.165) is 18.4 Å². The average molecular weight is 359 g/mol. The molecule has 0 unspecified atom stereocenters. The van der Waals surface area contributed by atoms with Crippen LogP contribution in [-0.4, -0.2) is 17.4 Å². The summed E-state index contributed by atoms with van der Waals surface area (Å²) in [7, 11) is 0. The zero-order valence-corrected chi connectivity index (χ0v) is 16.8. The first kappa shape index (κ1) is 20.3. The lowest BCUT2D eigenvalue weighted by Gasteiger charge is -2.31. The van der Waals surface area contributed by atoms with E-state index in [9.17, 15) is 9.59 Å². The van der Waals surface area contributed by atoms with Gasteiger partial charge in [0.25, 0.3) is 11.8 Å². The second-order valence-corrected chi connectivity index (χ2v) is 7.93. The van der Waals surface area contributed by atoms with E-state index in [4.69, 9.17) is 9.78 Å². The Morgan fingerprint density at radius 3 is 2.08 bits per heavy atom. The average Bonchev–Trinajstić information content (AvgIpc) is 2.77. The molecule has 5 nitrogen and oxygen atoms in total. The van der Waals surface area contributed by atoms with Crippen molar-refractivity contribution in [3.05, 3.63) is 41.0 Å². The van der Waals surface area contributed by atoms with E-state index in [2.05, 4.69) is 6.92 Å². The molecule has 5 heteroatoms. The Kier molecular flexibility index (Phi) is 5.73. The smallest absolute Gasteiger partial charge is 0.261 e. The Morgan fingerprint density at radius 1 is 0.962 bits per heavy atom. The van der Waals surface area contributed by atoms with E-state index < -0.39 is 5.60 Å². The third kappa shape index (κ3) is 4.05. The summed E-state index contributed by atoms with van der Waals surface area (Å²) in [6, 6.07) is 7.27. The predicted molar refractivity (Wildman–Crippen MR) is 101 cm³/mol. The van der Waals surface area contributed by atoms with Crippen LogP contribution in [0.25, 0.3) is 0 Å². The third-order valence-electron chi connectivity index (χ3n) is 4.74. The lowest BCUT2D eigenvalue weighted by atomic mass is 9.97. The maximum atomic E-state index is 12.4. The molecule has 142 valence electrons. The molecule has 0 radical (unpaired) electrons. The predicted octanol–water partition coefficient (Wildman–Crippen LogP) is 4.66. The molecule has 1 aliphatic heterocycles. The Balaban J connectivity index is 2.24. The maximum absolute atomic E-state index is 12.4. The van der Waals surface area contributed by atoms with Crippen LogP contribution in [0, 0.1) is 0 Å². The number of carbonyl (C=O) groups excluding carboxylic acids is 2. The van der Waals surface area contributed by atoms with Gasteiger partial charge in [-0.2, -0.15) is 0 Å². The summed E-state index contributed by atoms with van der Waals surface area (Å²) in [4.78, 5) is 37.5. The SMILES string of the molecule is CCCC(C)(C)OOC(C)(C)c1cccc(N2C(=O)C(C)=C(C)C2=O)c1. The van der Waals surface area contributed by atoms with Crippen LogP contribution < -0.4 is 4.90 Å². The number of nitrogens with zero attached hydrogens (tertiary/aromatic N) is 1. The lowest BCUT2D eigenvalue weighted by Crippen LogP contribution is -2.33. The Bertz CT molecular complexity index is 722. The highest BCUT2D eigenvalue weighted by molar-refractivity contribution is 6.32. The molecule has 0 saturated carbocycles. The van der Waals surface area contributed by atoms with E-state index in [1.54, 1.807) is 26.0 Å². The molecule has 1 aliphatic rings. The van der Waals surface area contributed by atoms with Crippen LogP contribution in [-0.2, 0) is 25.0 Å². The van der Waals surface area contributed by atoms with E-state index in [1.807, 2.05) is 39.8 Å². The molecule has 1 aromatic carbocycles. The van der Waals surface area contributed by atoms with Gasteiger partial charge in [-0.1, -0.05) is 25.5 Å². The summed E-state index contributed by atoms with van der Waals surface area (Å²) < 4.78 is 0. The van der Waals surface area contributed by atoms with Gasteiger partial charge in [0, 0.05) is 11.1 Å². The molecule has 0 spiro atoms. The molecule has 1 heterocycles. The number of imide groups is 1. The number of benzene rings is 1. The van der Waals surface area contributed by atoms with Crippen molar-refractivity contribution in [1.82, 2.24) is 0 Å². The minimum absolute atomic E-state index is 0.274. The van der Waals surface area contributed by atoms with Gasteiger partial charge in [-0.15, -0.1) is 0 Å². The quantitative estimate of drug-likeness (QED) is 0.404. The topological polar surface area (TPSA) is 55.8 Å². The summed E-state index contributed by atoms with van der Waals surface area (Å²) in [6.07, 6.45) is 1.88. The highest BCUT2D eigenvalue weighted by Crippen LogP contribution is 2.33. The molecule has 26 heavy (non-hydrogen) atoms. The monoisotopic (exact) mass is 359 g/mol. The van der Waals surface area contributed by atoms with Gasteiger partial charge in [0.1, 0.15) is 5.60 Å². The van der Waals surface area contributed by atoms with E-state index in [-0.39, 0.29) is 17.4 Å². The summed E-state index contributed by atoms with van der Waals surface area (Å²) in [5, 5.41) is 0. The van der Waals surface area contributed by atoms with Crippen LogP contribution >= 0.6 is 0 Å². The highest BCUT2D eigenvalue weighted by atomic mass is 17.2. The number of anilines is 1. The van der Waals surface area contributed by atoms with Crippen molar-refractivity contribution in [2.45, 2.75) is 72.5 Å². The second kappa shape index (κ2) is 7.33. The van der Waals surface area contributed by atoms with Crippen LogP contribution in [0.3, 0.4) is 0 Å². The molecule has 1 aromatic rings. The molecular weight excluding hydrogens is 330 g/mol. The standard InChI is InChI=1S/C21H29NO4/c1-8-12-20(4,5)25-26-21(6,7)16-10-9-11-17(13-16)22-18(23)14(2)15(3)19(22)24/h9-11,13H,8,12H2,1-7H3. The fourth-order valence-electron chi connectivity index (χ4n) is 2.91. The first-order chi connectivity index (χ1) is 12.0. The first-order valence-corrected chi connectivity index (χ1v) is 9.04. The molecule has 0 saturated heterocycles. The Labute approximate surface area is 155 Å². The number of rotatable bonds is 7. The number of hydrogen-bond acceptors (Lipinski definition) is 4. The minimum Gasteiger partial charge on any atom is -0.269 e. The van der Waals surface area contributed by atoms with Crippen molar-refractivity contribution < 1.29 is 19.4 Å². The fourth-order valence-corrected chi connectivity index (χ4v) is 2.91. The zero-order valence-electron chi connectivity index (χ0n) is 16.8. The molecular formula is C21H29NO4. The molecule has 2 amide bonds. The first-order valence-electron chi connectivity index (χ1n) is 9.04. The zero-order chi connectivity index (χ0) is 19.7. The summed E-state index contributed by atoms with van der Waals surface area (Å²) in [5.41, 5.74) is 1.22. The summed E-state index contributed by atoms with van der Waals surface area (Å²) in [5.74, 6) is -0.549. The molecule has 0 fully saturated rings. The van der Waals surface area contributed by atoms with Crippen LogP contribution in [0.1, 0.15) is 66.9 Å². The lowest BCUT2D eigenvalue weighted by molar-refractivity contribution is -0.406. The van der Waals surface area contributed by atoms with E-state index in [1.165, 1.54) is 4.90 Å². The maximum Gasteiger partial charge on any atom is 0.261 e. The van der Waals surface area contributed by atoms with Gasteiger partial charge < -0.3 is 0 Å². The van der Waals surface area contributed by atoms with Gasteiger partial charge in [-0.3, -0.25) is 9.59 Å². The van der Waals surface area contributed by atoms with Gasteiger partial charge in [0.05, 0.1) is 11.3 Å². The van der Waals surface area contributed by atoms with Crippen molar-refractivity contribution in [2.24, 2.45) is 0 Å². The highest BCUT2D eigenvalue weighted by Gasteiger charge is 2.35. The molecule has 0 bridgehead atoms. The molecule has 0 atom stereocenters. The van der Waals surface area contributed by atoms with Crippen molar-refractivity contribution in [3.8, 4) is 0 Å². The fraction of sp³-hybridized carbons (Fsp3) is 0.524. The molecule has 0 N–H and O–H groups in total. The van der Waals surface area contributed by atoms with Crippen LogP contribution in [0.2, 0.25) is 0 Å². The minimum atomic E-state index is -0.732.